The number of carbonyl (C=O) groups is 1. The van der Waals surface area contributed by atoms with Gasteiger partial charge in [-0.05, 0) is 31.4 Å². The Morgan fingerprint density at radius 2 is 2.18 bits per heavy atom. The number of aromatic amines is 1. The van der Waals surface area contributed by atoms with Crippen molar-refractivity contribution in [2.45, 2.75) is 38.4 Å². The summed E-state index contributed by atoms with van der Waals surface area (Å²) in [6, 6.07) is 7.87. The maximum Gasteiger partial charge on any atom is 0.270 e. The largest absolute Gasteiger partial charge is 0.388 e. The van der Waals surface area contributed by atoms with E-state index in [0.29, 0.717) is 18.7 Å². The summed E-state index contributed by atoms with van der Waals surface area (Å²) in [5, 5.41) is 21.1. The van der Waals surface area contributed by atoms with Crippen molar-refractivity contribution in [2.75, 3.05) is 13.1 Å². The van der Waals surface area contributed by atoms with Gasteiger partial charge in [0.05, 0.1) is 11.7 Å². The molecule has 1 aromatic heterocycles. The van der Waals surface area contributed by atoms with Gasteiger partial charge in [0.1, 0.15) is 5.69 Å². The summed E-state index contributed by atoms with van der Waals surface area (Å²) in [5.41, 5.74) is 1.43. The summed E-state index contributed by atoms with van der Waals surface area (Å²) in [6.45, 7) is 4.24. The van der Waals surface area contributed by atoms with Crippen molar-refractivity contribution >= 4 is 16.8 Å². The number of amides is 1. The third kappa shape index (κ3) is 2.40. The molecule has 2 aromatic rings. The van der Waals surface area contributed by atoms with Gasteiger partial charge in [-0.3, -0.25) is 4.79 Å². The zero-order chi connectivity index (χ0) is 15.9. The molecule has 0 saturated carbocycles. The van der Waals surface area contributed by atoms with E-state index in [1.54, 1.807) is 11.8 Å². The molecule has 1 amide bonds. The molecule has 3 N–H and O–H groups in total. The number of rotatable bonds is 2. The zero-order valence-electron chi connectivity index (χ0n) is 13.0. The fourth-order valence-corrected chi connectivity index (χ4v) is 3.12. The van der Waals surface area contributed by atoms with Gasteiger partial charge >= 0.3 is 0 Å². The van der Waals surface area contributed by atoms with Gasteiger partial charge in [0, 0.05) is 24.0 Å². The van der Waals surface area contributed by atoms with Crippen LogP contribution in [0.2, 0.25) is 0 Å². The number of fused-ring (bicyclic) bond motifs is 1. The number of aliphatic hydroxyl groups is 2. The predicted octanol–water partition coefficient (Wildman–Crippen LogP) is 1.69. The molecule has 5 heteroatoms. The molecule has 1 aliphatic rings. The summed E-state index contributed by atoms with van der Waals surface area (Å²) < 4.78 is 0. The van der Waals surface area contributed by atoms with Crippen LogP contribution in [-0.2, 0) is 6.42 Å². The van der Waals surface area contributed by atoms with Gasteiger partial charge in [-0.25, -0.2) is 0 Å². The number of piperidine rings is 1. The van der Waals surface area contributed by atoms with Gasteiger partial charge in [0.25, 0.3) is 5.91 Å². The van der Waals surface area contributed by atoms with Crippen LogP contribution in [0.3, 0.4) is 0 Å². The molecular formula is C17H22N2O3. The molecule has 0 aliphatic carbocycles. The fraction of sp³-hybridized carbons (Fsp3) is 0.471. The minimum Gasteiger partial charge on any atom is -0.388 e. The number of β-amino-alcohol motifs (C(OH)–C–C–N with tert-alkyl or cyclic N) is 1. The monoisotopic (exact) mass is 302 g/mol. The Morgan fingerprint density at radius 1 is 1.45 bits per heavy atom. The van der Waals surface area contributed by atoms with Crippen LogP contribution >= 0.6 is 0 Å². The third-order valence-electron chi connectivity index (χ3n) is 4.67. The van der Waals surface area contributed by atoms with Crippen molar-refractivity contribution in [3.8, 4) is 0 Å². The highest BCUT2D eigenvalue weighted by atomic mass is 16.3. The Hall–Kier alpha value is -1.85. The van der Waals surface area contributed by atoms with Gasteiger partial charge in [-0.2, -0.15) is 0 Å². The Bertz CT molecular complexity index is 705. The molecule has 1 fully saturated rings. The maximum atomic E-state index is 12.8. The molecule has 2 heterocycles. The van der Waals surface area contributed by atoms with E-state index in [-0.39, 0.29) is 12.5 Å². The fourth-order valence-electron chi connectivity index (χ4n) is 3.12. The lowest BCUT2D eigenvalue weighted by atomic mass is 9.90. The zero-order valence-corrected chi connectivity index (χ0v) is 13.0. The molecule has 1 aromatic carbocycles. The normalized spacial score (nSPS) is 25.6. The van der Waals surface area contributed by atoms with E-state index in [4.69, 9.17) is 0 Å². The van der Waals surface area contributed by atoms with Crippen LogP contribution in [0.5, 0.6) is 0 Å². The maximum absolute atomic E-state index is 12.8. The van der Waals surface area contributed by atoms with Crippen LogP contribution in [-0.4, -0.2) is 50.8 Å². The molecule has 0 unspecified atom stereocenters. The number of para-hydroxylation sites is 1. The van der Waals surface area contributed by atoms with Crippen molar-refractivity contribution in [1.29, 1.82) is 0 Å². The molecule has 5 nitrogen and oxygen atoms in total. The highest BCUT2D eigenvalue weighted by molar-refractivity contribution is 6.01. The van der Waals surface area contributed by atoms with Crippen molar-refractivity contribution in [2.24, 2.45) is 0 Å². The predicted molar refractivity (Wildman–Crippen MR) is 84.8 cm³/mol. The van der Waals surface area contributed by atoms with E-state index < -0.39 is 11.7 Å². The second kappa shape index (κ2) is 5.41. The second-order valence-corrected chi connectivity index (χ2v) is 6.25. The van der Waals surface area contributed by atoms with Gasteiger partial charge in [0.2, 0.25) is 0 Å². The van der Waals surface area contributed by atoms with E-state index in [1.165, 1.54) is 0 Å². The van der Waals surface area contributed by atoms with E-state index in [2.05, 4.69) is 4.98 Å². The average molecular weight is 302 g/mol. The Balaban J connectivity index is 1.93. The molecule has 0 radical (unpaired) electrons. The van der Waals surface area contributed by atoms with Crippen LogP contribution in [0.1, 0.15) is 36.3 Å². The molecule has 1 aliphatic heterocycles. The van der Waals surface area contributed by atoms with Crippen LogP contribution in [0, 0.1) is 0 Å². The molecule has 118 valence electrons. The van der Waals surface area contributed by atoms with E-state index >= 15 is 0 Å². The number of aryl methyl sites for hydroxylation is 1. The number of hydrogen-bond acceptors (Lipinski definition) is 3. The molecule has 2 atom stereocenters. The molecular weight excluding hydrogens is 280 g/mol. The molecule has 0 spiro atoms. The van der Waals surface area contributed by atoms with Crippen molar-refractivity contribution in [3.05, 3.63) is 35.5 Å². The lowest BCUT2D eigenvalue weighted by Crippen LogP contribution is -2.55. The van der Waals surface area contributed by atoms with Crippen molar-refractivity contribution < 1.29 is 15.0 Å². The smallest absolute Gasteiger partial charge is 0.270 e. The number of nitrogens with one attached hydrogen (secondary N) is 1. The third-order valence-corrected chi connectivity index (χ3v) is 4.67. The highest BCUT2D eigenvalue weighted by Gasteiger charge is 2.38. The summed E-state index contributed by atoms with van der Waals surface area (Å²) in [5.74, 6) is -0.109. The van der Waals surface area contributed by atoms with Gasteiger partial charge in [-0.1, -0.05) is 25.1 Å². The Kier molecular flexibility index (Phi) is 3.70. The standard InChI is InChI=1S/C17H22N2O3/c1-3-11-12-6-4-5-7-13(12)18-15(11)16(21)19-9-8-17(2,22)14(20)10-19/h4-7,14,18,20,22H,3,8-10H2,1-2H3/t14-,17+/m1/s1. The van der Waals surface area contributed by atoms with Crippen molar-refractivity contribution in [1.82, 2.24) is 9.88 Å². The Labute approximate surface area is 129 Å². The Morgan fingerprint density at radius 3 is 2.86 bits per heavy atom. The SMILES string of the molecule is CCc1c(C(=O)N2CC[C@](C)(O)[C@H](O)C2)[nH]c2ccccc12. The number of H-pyrrole nitrogens is 1. The first-order valence-corrected chi connectivity index (χ1v) is 7.73. The number of carbonyl (C=O) groups excluding carboxylic acids is 1. The second-order valence-electron chi connectivity index (χ2n) is 6.25. The van der Waals surface area contributed by atoms with Gasteiger partial charge in [0.15, 0.2) is 0 Å². The topological polar surface area (TPSA) is 76.6 Å². The lowest BCUT2D eigenvalue weighted by molar-refractivity contribution is -0.0999. The number of aromatic nitrogens is 1. The highest BCUT2D eigenvalue weighted by Crippen LogP contribution is 2.27. The first-order valence-electron chi connectivity index (χ1n) is 7.73. The van der Waals surface area contributed by atoms with Crippen LogP contribution < -0.4 is 0 Å². The molecule has 0 bridgehead atoms. The van der Waals surface area contributed by atoms with Gasteiger partial charge in [-0.15, -0.1) is 0 Å². The number of nitrogens with zero attached hydrogens (tertiary/aromatic N) is 1. The van der Waals surface area contributed by atoms with Crippen LogP contribution in [0.4, 0.5) is 0 Å². The number of benzene rings is 1. The van der Waals surface area contributed by atoms with Crippen LogP contribution in [0.25, 0.3) is 10.9 Å². The van der Waals surface area contributed by atoms with Crippen molar-refractivity contribution in [3.63, 3.8) is 0 Å². The first-order chi connectivity index (χ1) is 10.4. The van der Waals surface area contributed by atoms with Gasteiger partial charge < -0.3 is 20.1 Å². The minimum absolute atomic E-state index is 0.109. The van der Waals surface area contributed by atoms with E-state index in [9.17, 15) is 15.0 Å². The molecule has 22 heavy (non-hydrogen) atoms. The molecule has 1 saturated heterocycles. The molecule has 3 rings (SSSR count). The minimum atomic E-state index is -1.12. The quantitative estimate of drug-likeness (QED) is 0.790. The average Bonchev–Trinajstić information content (AvgIpc) is 2.87. The van der Waals surface area contributed by atoms with Crippen LogP contribution in [0.15, 0.2) is 24.3 Å². The number of likely N-dealkylation sites (tertiary alicyclic amines) is 1. The summed E-state index contributed by atoms with van der Waals surface area (Å²) in [7, 11) is 0. The summed E-state index contributed by atoms with van der Waals surface area (Å²) in [6.07, 6.45) is 0.223. The first kappa shape index (κ1) is 15.1. The lowest BCUT2D eigenvalue weighted by Gasteiger charge is -2.39. The number of aliphatic hydroxyl groups excluding tert-OH is 1. The summed E-state index contributed by atoms with van der Waals surface area (Å²) >= 11 is 0. The summed E-state index contributed by atoms with van der Waals surface area (Å²) in [4.78, 5) is 17.6. The van der Waals surface area contributed by atoms with E-state index in [0.717, 1.165) is 22.9 Å². The number of hydrogen-bond donors (Lipinski definition) is 3. The van der Waals surface area contributed by atoms with E-state index in [1.807, 2.05) is 31.2 Å².